The standard InChI is InChI=1S/C14H12O6/c1-19-9-5-3-7(13(15)16)11-8(14(17)18)4-6-10(20-2)12(9)11/h3-6H,1-2H3,(H,15,16)(H,17,18). The lowest BCUT2D eigenvalue weighted by molar-refractivity contribution is 0.0695. The molecule has 2 aromatic rings. The second-order valence-electron chi connectivity index (χ2n) is 3.99. The first-order valence-corrected chi connectivity index (χ1v) is 5.65. The molecule has 0 aromatic heterocycles. The van der Waals surface area contributed by atoms with E-state index in [-0.39, 0.29) is 16.5 Å². The summed E-state index contributed by atoms with van der Waals surface area (Å²) in [6.07, 6.45) is 0. The average Bonchev–Trinajstić information content (AvgIpc) is 2.44. The van der Waals surface area contributed by atoms with Crippen LogP contribution in [0.25, 0.3) is 10.8 Å². The third kappa shape index (κ3) is 2.01. The Morgan fingerprint density at radius 2 is 1.20 bits per heavy atom. The van der Waals surface area contributed by atoms with Gasteiger partial charge >= 0.3 is 11.9 Å². The molecule has 6 nitrogen and oxygen atoms in total. The zero-order chi connectivity index (χ0) is 14.9. The molecule has 2 rings (SSSR count). The number of hydrogen-bond acceptors (Lipinski definition) is 4. The number of benzene rings is 2. The second-order valence-corrected chi connectivity index (χ2v) is 3.99. The van der Waals surface area contributed by atoms with E-state index in [1.165, 1.54) is 38.5 Å². The molecule has 0 aliphatic carbocycles. The number of hydrogen-bond donors (Lipinski definition) is 2. The summed E-state index contributed by atoms with van der Waals surface area (Å²) in [6, 6.07) is 5.57. The van der Waals surface area contributed by atoms with Gasteiger partial charge in [0.2, 0.25) is 0 Å². The van der Waals surface area contributed by atoms with E-state index in [4.69, 9.17) is 9.47 Å². The Kier molecular flexibility index (Phi) is 3.47. The highest BCUT2D eigenvalue weighted by Gasteiger charge is 2.21. The van der Waals surface area contributed by atoms with E-state index in [2.05, 4.69) is 0 Å². The summed E-state index contributed by atoms with van der Waals surface area (Å²) < 4.78 is 10.3. The number of fused-ring (bicyclic) bond motifs is 1. The van der Waals surface area contributed by atoms with Crippen LogP contribution in [0.15, 0.2) is 24.3 Å². The van der Waals surface area contributed by atoms with Crippen LogP contribution >= 0.6 is 0 Å². The minimum absolute atomic E-state index is 0.0868. The van der Waals surface area contributed by atoms with Crippen LogP contribution in [0.4, 0.5) is 0 Å². The normalized spacial score (nSPS) is 10.3. The average molecular weight is 276 g/mol. The quantitative estimate of drug-likeness (QED) is 0.889. The first-order chi connectivity index (χ1) is 9.51. The Morgan fingerprint density at radius 3 is 1.50 bits per heavy atom. The number of carboxylic acid groups (broad SMARTS) is 2. The van der Waals surface area contributed by atoms with Crippen molar-refractivity contribution in [2.75, 3.05) is 14.2 Å². The van der Waals surface area contributed by atoms with Gasteiger partial charge in [-0.15, -0.1) is 0 Å². The largest absolute Gasteiger partial charge is 0.496 e. The summed E-state index contributed by atoms with van der Waals surface area (Å²) in [4.78, 5) is 22.6. The fourth-order valence-electron chi connectivity index (χ4n) is 2.13. The van der Waals surface area contributed by atoms with Gasteiger partial charge in [-0.25, -0.2) is 9.59 Å². The third-order valence-corrected chi connectivity index (χ3v) is 2.98. The fraction of sp³-hybridized carbons (Fsp3) is 0.143. The summed E-state index contributed by atoms with van der Waals surface area (Å²) in [5.74, 6) is -1.73. The van der Waals surface area contributed by atoms with Crippen molar-refractivity contribution in [1.82, 2.24) is 0 Å². The lowest BCUT2D eigenvalue weighted by Crippen LogP contribution is -2.05. The Labute approximate surface area is 114 Å². The Morgan fingerprint density at radius 1 is 0.800 bits per heavy atom. The highest BCUT2D eigenvalue weighted by Crippen LogP contribution is 2.38. The summed E-state index contributed by atoms with van der Waals surface area (Å²) >= 11 is 0. The van der Waals surface area contributed by atoms with Gasteiger partial charge in [-0.05, 0) is 24.3 Å². The van der Waals surface area contributed by atoms with E-state index in [9.17, 15) is 19.8 Å². The predicted molar refractivity (Wildman–Crippen MR) is 71.0 cm³/mol. The van der Waals surface area contributed by atoms with E-state index in [0.29, 0.717) is 16.9 Å². The molecule has 0 aliphatic rings. The monoisotopic (exact) mass is 276 g/mol. The Bertz CT molecular complexity index is 648. The van der Waals surface area contributed by atoms with Gasteiger partial charge in [0, 0.05) is 5.39 Å². The van der Waals surface area contributed by atoms with Gasteiger partial charge in [0.15, 0.2) is 0 Å². The molecule has 0 amide bonds. The molecule has 0 fully saturated rings. The maximum Gasteiger partial charge on any atom is 0.336 e. The van der Waals surface area contributed by atoms with Gasteiger partial charge in [-0.3, -0.25) is 0 Å². The minimum Gasteiger partial charge on any atom is -0.496 e. The van der Waals surface area contributed by atoms with E-state index in [1.54, 1.807) is 0 Å². The highest BCUT2D eigenvalue weighted by molar-refractivity contribution is 6.15. The second kappa shape index (κ2) is 5.08. The van der Waals surface area contributed by atoms with Gasteiger partial charge in [0.25, 0.3) is 0 Å². The number of carbonyl (C=O) groups is 2. The lowest BCUT2D eigenvalue weighted by Gasteiger charge is -2.13. The van der Waals surface area contributed by atoms with Crippen LogP contribution in [0.2, 0.25) is 0 Å². The smallest absolute Gasteiger partial charge is 0.336 e. The van der Waals surface area contributed by atoms with Crippen LogP contribution in [-0.4, -0.2) is 36.4 Å². The molecule has 0 saturated heterocycles. The topological polar surface area (TPSA) is 93.1 Å². The lowest BCUT2D eigenvalue weighted by atomic mass is 9.97. The van der Waals surface area contributed by atoms with Crippen molar-refractivity contribution >= 4 is 22.7 Å². The molecule has 2 N–H and O–H groups in total. The number of rotatable bonds is 4. The van der Waals surface area contributed by atoms with Crippen molar-refractivity contribution in [1.29, 1.82) is 0 Å². The third-order valence-electron chi connectivity index (χ3n) is 2.98. The molecule has 0 saturated carbocycles. The number of methoxy groups -OCH3 is 2. The summed E-state index contributed by atoms with van der Waals surface area (Å²) in [5, 5.41) is 18.9. The van der Waals surface area contributed by atoms with E-state index in [1.807, 2.05) is 0 Å². The molecular weight excluding hydrogens is 264 g/mol. The van der Waals surface area contributed by atoms with Gasteiger partial charge < -0.3 is 19.7 Å². The molecule has 0 atom stereocenters. The van der Waals surface area contributed by atoms with Gasteiger partial charge in [-0.1, -0.05) is 0 Å². The predicted octanol–water partition coefficient (Wildman–Crippen LogP) is 2.25. The molecule has 0 aliphatic heterocycles. The summed E-state index contributed by atoms with van der Waals surface area (Å²) in [6.45, 7) is 0. The van der Waals surface area contributed by atoms with Crippen molar-refractivity contribution < 1.29 is 29.3 Å². The fourth-order valence-corrected chi connectivity index (χ4v) is 2.13. The highest BCUT2D eigenvalue weighted by atomic mass is 16.5. The van der Waals surface area contributed by atoms with Crippen molar-refractivity contribution in [3.63, 3.8) is 0 Å². The summed E-state index contributed by atoms with van der Waals surface area (Å²) in [5.41, 5.74) is -0.228. The molecular formula is C14H12O6. The van der Waals surface area contributed by atoms with Crippen LogP contribution < -0.4 is 9.47 Å². The molecule has 0 radical (unpaired) electrons. The van der Waals surface area contributed by atoms with Gasteiger partial charge in [0.1, 0.15) is 11.5 Å². The number of ether oxygens (including phenoxy) is 2. The van der Waals surface area contributed by atoms with Gasteiger partial charge in [0.05, 0.1) is 30.7 Å². The maximum absolute atomic E-state index is 11.3. The summed E-state index contributed by atoms with van der Waals surface area (Å²) in [7, 11) is 2.84. The molecule has 104 valence electrons. The maximum atomic E-state index is 11.3. The molecule has 2 aromatic carbocycles. The van der Waals surface area contributed by atoms with E-state index in [0.717, 1.165) is 0 Å². The molecule has 0 unspecified atom stereocenters. The first-order valence-electron chi connectivity index (χ1n) is 5.65. The molecule has 0 spiro atoms. The Hall–Kier alpha value is -2.76. The van der Waals surface area contributed by atoms with Crippen LogP contribution in [-0.2, 0) is 0 Å². The molecule has 0 heterocycles. The van der Waals surface area contributed by atoms with Gasteiger partial charge in [-0.2, -0.15) is 0 Å². The van der Waals surface area contributed by atoms with Crippen LogP contribution in [0.1, 0.15) is 20.7 Å². The molecule has 20 heavy (non-hydrogen) atoms. The van der Waals surface area contributed by atoms with Crippen LogP contribution in [0.3, 0.4) is 0 Å². The first kappa shape index (κ1) is 13.7. The zero-order valence-corrected chi connectivity index (χ0v) is 10.8. The Balaban J connectivity index is 3.05. The minimum atomic E-state index is -1.21. The van der Waals surface area contributed by atoms with Crippen LogP contribution in [0.5, 0.6) is 11.5 Å². The number of carboxylic acids is 2. The van der Waals surface area contributed by atoms with Crippen molar-refractivity contribution in [2.24, 2.45) is 0 Å². The van der Waals surface area contributed by atoms with Crippen molar-refractivity contribution in [2.45, 2.75) is 0 Å². The molecule has 6 heteroatoms. The van der Waals surface area contributed by atoms with E-state index < -0.39 is 11.9 Å². The number of aromatic carboxylic acids is 2. The zero-order valence-electron chi connectivity index (χ0n) is 10.8. The van der Waals surface area contributed by atoms with Crippen molar-refractivity contribution in [3.05, 3.63) is 35.4 Å². The van der Waals surface area contributed by atoms with E-state index >= 15 is 0 Å². The van der Waals surface area contributed by atoms with Crippen LogP contribution in [0, 0.1) is 0 Å². The SMILES string of the molecule is COc1ccc(C(=O)O)c2c(C(=O)O)ccc(OC)c12. The van der Waals surface area contributed by atoms with Crippen molar-refractivity contribution in [3.8, 4) is 11.5 Å². The molecule has 0 bridgehead atoms.